The molecule has 0 heterocycles. The highest BCUT2D eigenvalue weighted by Crippen LogP contribution is 2.20. The molecule has 0 unspecified atom stereocenters. The Labute approximate surface area is 183 Å². The van der Waals surface area contributed by atoms with E-state index in [0.29, 0.717) is 32.3 Å². The van der Waals surface area contributed by atoms with Crippen LogP contribution in [0.3, 0.4) is 0 Å². The molecule has 0 aliphatic rings. The van der Waals surface area contributed by atoms with Gasteiger partial charge in [0.1, 0.15) is 12.4 Å². The summed E-state index contributed by atoms with van der Waals surface area (Å²) in [5, 5.41) is 7.32. The number of methoxy groups -OCH3 is 1. The SMILES string of the molecule is CN=C(NCc1ccccc1Cl)NCc1ccc(C)cc1OCCOC.I. The molecule has 2 aromatic rings. The number of benzene rings is 2. The van der Waals surface area contributed by atoms with Crippen molar-refractivity contribution in [1.29, 1.82) is 0 Å². The number of halogens is 2. The zero-order valence-electron chi connectivity index (χ0n) is 15.9. The van der Waals surface area contributed by atoms with Crippen LogP contribution in [-0.2, 0) is 17.8 Å². The first-order valence-corrected chi connectivity index (χ1v) is 8.91. The molecule has 2 aromatic carbocycles. The zero-order valence-corrected chi connectivity index (χ0v) is 19.0. The lowest BCUT2D eigenvalue weighted by Gasteiger charge is -2.16. The van der Waals surface area contributed by atoms with E-state index in [-0.39, 0.29) is 24.0 Å². The van der Waals surface area contributed by atoms with Gasteiger partial charge in [0.2, 0.25) is 0 Å². The van der Waals surface area contributed by atoms with Gasteiger partial charge in [0.05, 0.1) is 6.61 Å². The second-order valence-corrected chi connectivity index (χ2v) is 6.23. The Hall–Kier alpha value is -1.51. The molecule has 0 atom stereocenters. The zero-order chi connectivity index (χ0) is 18.8. The normalized spacial score (nSPS) is 10.9. The van der Waals surface area contributed by atoms with Gasteiger partial charge >= 0.3 is 0 Å². The van der Waals surface area contributed by atoms with Gasteiger partial charge in [-0.05, 0) is 30.2 Å². The van der Waals surface area contributed by atoms with Crippen LogP contribution in [0.4, 0.5) is 0 Å². The van der Waals surface area contributed by atoms with E-state index in [2.05, 4.69) is 27.8 Å². The van der Waals surface area contributed by atoms with Crippen LogP contribution in [0, 0.1) is 6.92 Å². The van der Waals surface area contributed by atoms with Crippen molar-refractivity contribution < 1.29 is 9.47 Å². The number of rotatable bonds is 8. The predicted octanol–water partition coefficient (Wildman–Crippen LogP) is 4.16. The molecule has 0 bridgehead atoms. The average molecular weight is 504 g/mol. The van der Waals surface area contributed by atoms with Crippen LogP contribution in [0.2, 0.25) is 5.02 Å². The molecule has 2 N–H and O–H groups in total. The van der Waals surface area contributed by atoms with Crippen LogP contribution in [0.25, 0.3) is 0 Å². The predicted molar refractivity (Wildman–Crippen MR) is 122 cm³/mol. The highest BCUT2D eigenvalue weighted by molar-refractivity contribution is 14.0. The lowest BCUT2D eigenvalue weighted by atomic mass is 10.1. The van der Waals surface area contributed by atoms with E-state index >= 15 is 0 Å². The lowest BCUT2D eigenvalue weighted by Crippen LogP contribution is -2.36. The number of aliphatic imine (C=N–C) groups is 1. The Balaban J connectivity index is 0.00000364. The Kier molecular flexibility index (Phi) is 11.2. The molecule has 2 rings (SSSR count). The maximum absolute atomic E-state index is 6.19. The fourth-order valence-corrected chi connectivity index (χ4v) is 2.60. The second kappa shape index (κ2) is 12.8. The van der Waals surface area contributed by atoms with Crippen molar-refractivity contribution in [2.24, 2.45) is 4.99 Å². The Bertz CT molecular complexity index is 741. The standard InChI is InChI=1S/C20H26ClN3O2.HI/c1-15-8-9-17(19(12-15)26-11-10-25-3)14-24-20(22-2)23-13-16-6-4-5-7-18(16)21;/h4-9,12H,10-11,13-14H2,1-3H3,(H2,22,23,24);1H. The van der Waals surface area contributed by atoms with Gasteiger partial charge in [0.15, 0.2) is 5.96 Å². The van der Waals surface area contributed by atoms with E-state index in [1.807, 2.05) is 37.3 Å². The maximum atomic E-state index is 6.19. The summed E-state index contributed by atoms with van der Waals surface area (Å²) in [5.74, 6) is 1.56. The van der Waals surface area contributed by atoms with E-state index in [0.717, 1.165) is 27.5 Å². The van der Waals surface area contributed by atoms with Gasteiger partial charge in [0.25, 0.3) is 0 Å². The Morgan fingerprint density at radius 2 is 1.74 bits per heavy atom. The van der Waals surface area contributed by atoms with Gasteiger partial charge < -0.3 is 20.1 Å². The summed E-state index contributed by atoms with van der Waals surface area (Å²) in [4.78, 5) is 4.26. The smallest absolute Gasteiger partial charge is 0.191 e. The summed E-state index contributed by atoms with van der Waals surface area (Å²) in [6.07, 6.45) is 0. The van der Waals surface area contributed by atoms with Crippen molar-refractivity contribution in [1.82, 2.24) is 10.6 Å². The number of nitrogens with one attached hydrogen (secondary N) is 2. The summed E-state index contributed by atoms with van der Waals surface area (Å²) in [6.45, 7) is 4.33. The molecular weight excluding hydrogens is 477 g/mol. The van der Waals surface area contributed by atoms with Crippen molar-refractivity contribution in [3.05, 3.63) is 64.2 Å². The fourth-order valence-electron chi connectivity index (χ4n) is 2.40. The van der Waals surface area contributed by atoms with Gasteiger partial charge in [-0.25, -0.2) is 0 Å². The number of aryl methyl sites for hydroxylation is 1. The highest BCUT2D eigenvalue weighted by atomic mass is 127. The summed E-state index contributed by atoms with van der Waals surface area (Å²) < 4.78 is 10.9. The van der Waals surface area contributed by atoms with Crippen LogP contribution in [0.5, 0.6) is 5.75 Å². The molecule has 0 radical (unpaired) electrons. The van der Waals surface area contributed by atoms with Crippen LogP contribution in [0.1, 0.15) is 16.7 Å². The fraction of sp³-hybridized carbons (Fsp3) is 0.350. The minimum Gasteiger partial charge on any atom is -0.491 e. The molecule has 7 heteroatoms. The number of nitrogens with zero attached hydrogens (tertiary/aromatic N) is 1. The van der Waals surface area contributed by atoms with Crippen LogP contribution in [0.15, 0.2) is 47.5 Å². The van der Waals surface area contributed by atoms with Gasteiger partial charge in [-0.1, -0.05) is 41.9 Å². The number of ether oxygens (including phenoxy) is 2. The highest BCUT2D eigenvalue weighted by Gasteiger charge is 2.07. The first-order chi connectivity index (χ1) is 12.6. The van der Waals surface area contributed by atoms with E-state index in [9.17, 15) is 0 Å². The molecule has 0 aliphatic carbocycles. The lowest BCUT2D eigenvalue weighted by molar-refractivity contribution is 0.145. The summed E-state index contributed by atoms with van der Waals surface area (Å²) in [6, 6.07) is 13.9. The van der Waals surface area contributed by atoms with Gasteiger partial charge in [0, 0.05) is 37.8 Å². The van der Waals surface area contributed by atoms with Crippen LogP contribution >= 0.6 is 35.6 Å². The Morgan fingerprint density at radius 3 is 2.41 bits per heavy atom. The molecule has 0 fully saturated rings. The number of hydrogen-bond donors (Lipinski definition) is 2. The minimum absolute atomic E-state index is 0. The summed E-state index contributed by atoms with van der Waals surface area (Å²) in [5.41, 5.74) is 3.24. The average Bonchev–Trinajstić information content (AvgIpc) is 2.64. The quantitative estimate of drug-likeness (QED) is 0.246. The first kappa shape index (κ1) is 23.5. The molecule has 0 saturated carbocycles. The van der Waals surface area contributed by atoms with Crippen molar-refractivity contribution in [2.45, 2.75) is 20.0 Å². The third kappa shape index (κ3) is 7.94. The number of guanidine groups is 1. The molecule has 0 aliphatic heterocycles. The van der Waals surface area contributed by atoms with Gasteiger partial charge in [-0.2, -0.15) is 0 Å². The van der Waals surface area contributed by atoms with Crippen molar-refractivity contribution in [2.75, 3.05) is 27.4 Å². The van der Waals surface area contributed by atoms with Crippen LogP contribution < -0.4 is 15.4 Å². The molecule has 0 saturated heterocycles. The van der Waals surface area contributed by atoms with E-state index in [1.165, 1.54) is 0 Å². The van der Waals surface area contributed by atoms with Crippen LogP contribution in [-0.4, -0.2) is 33.3 Å². The summed E-state index contributed by atoms with van der Waals surface area (Å²) >= 11 is 6.19. The molecule has 5 nitrogen and oxygen atoms in total. The molecule has 27 heavy (non-hydrogen) atoms. The third-order valence-electron chi connectivity index (χ3n) is 3.84. The topological polar surface area (TPSA) is 54.9 Å². The Morgan fingerprint density at radius 1 is 1.04 bits per heavy atom. The molecule has 0 aromatic heterocycles. The maximum Gasteiger partial charge on any atom is 0.191 e. The monoisotopic (exact) mass is 503 g/mol. The van der Waals surface area contributed by atoms with Gasteiger partial charge in [-0.3, -0.25) is 4.99 Å². The molecule has 0 amide bonds. The van der Waals surface area contributed by atoms with Crippen molar-refractivity contribution >= 4 is 41.5 Å². The van der Waals surface area contributed by atoms with E-state index in [4.69, 9.17) is 21.1 Å². The molecular formula is C20H27ClIN3O2. The largest absolute Gasteiger partial charge is 0.491 e. The van der Waals surface area contributed by atoms with Crippen molar-refractivity contribution in [3.8, 4) is 5.75 Å². The summed E-state index contributed by atoms with van der Waals surface area (Å²) in [7, 11) is 3.41. The molecule has 148 valence electrons. The van der Waals surface area contributed by atoms with Crippen molar-refractivity contribution in [3.63, 3.8) is 0 Å². The third-order valence-corrected chi connectivity index (χ3v) is 4.21. The number of hydrogen-bond acceptors (Lipinski definition) is 3. The van der Waals surface area contributed by atoms with Gasteiger partial charge in [-0.15, -0.1) is 24.0 Å². The van der Waals surface area contributed by atoms with E-state index < -0.39 is 0 Å². The van der Waals surface area contributed by atoms with E-state index in [1.54, 1.807) is 14.2 Å². The first-order valence-electron chi connectivity index (χ1n) is 8.53. The minimum atomic E-state index is 0. The second-order valence-electron chi connectivity index (χ2n) is 5.82. The molecule has 0 spiro atoms.